The van der Waals surface area contributed by atoms with Crippen LogP contribution >= 0.6 is 0 Å². The van der Waals surface area contributed by atoms with Gasteiger partial charge in [-0.05, 0) is 25.7 Å². The molecule has 1 saturated heterocycles. The third-order valence-corrected chi connectivity index (χ3v) is 3.83. The van der Waals surface area contributed by atoms with Crippen LogP contribution in [-0.4, -0.2) is 46.6 Å². The van der Waals surface area contributed by atoms with Crippen molar-refractivity contribution >= 4 is 11.9 Å². The lowest BCUT2D eigenvalue weighted by Gasteiger charge is -2.35. The van der Waals surface area contributed by atoms with Gasteiger partial charge in [0.15, 0.2) is 5.69 Å². The van der Waals surface area contributed by atoms with E-state index in [0.717, 1.165) is 25.7 Å². The van der Waals surface area contributed by atoms with E-state index >= 15 is 0 Å². The van der Waals surface area contributed by atoms with Crippen LogP contribution in [0.2, 0.25) is 0 Å². The number of hydrogen-bond donors (Lipinski definition) is 1. The van der Waals surface area contributed by atoms with E-state index in [1.54, 1.807) is 4.90 Å². The number of carbonyl (C=O) groups excluding carboxylic acids is 1. The van der Waals surface area contributed by atoms with E-state index in [2.05, 4.69) is 11.9 Å². The summed E-state index contributed by atoms with van der Waals surface area (Å²) in [5, 5.41) is 9.08. The first-order valence-electron chi connectivity index (χ1n) is 7.17. The van der Waals surface area contributed by atoms with Crippen molar-refractivity contribution in [2.24, 2.45) is 0 Å². The molecule has 6 heteroatoms. The standard InChI is InChI=1S/C15H20N2O4/c1-3-10-6-4-5-7-17(10)14(18)12-8-11(21-2)9-13(16-12)15(19)20/h8-10H,3-7H2,1-2H3,(H,19,20). The summed E-state index contributed by atoms with van der Waals surface area (Å²) in [6.07, 6.45) is 3.96. The first-order valence-corrected chi connectivity index (χ1v) is 7.17. The van der Waals surface area contributed by atoms with Crippen molar-refractivity contribution < 1.29 is 19.4 Å². The summed E-state index contributed by atoms with van der Waals surface area (Å²) in [4.78, 5) is 29.5. The molecular weight excluding hydrogens is 272 g/mol. The van der Waals surface area contributed by atoms with Crippen LogP contribution in [0.15, 0.2) is 12.1 Å². The van der Waals surface area contributed by atoms with Crippen LogP contribution in [0.3, 0.4) is 0 Å². The fourth-order valence-corrected chi connectivity index (χ4v) is 2.68. The number of piperidine rings is 1. The van der Waals surface area contributed by atoms with Gasteiger partial charge in [0.05, 0.1) is 7.11 Å². The van der Waals surface area contributed by atoms with Gasteiger partial charge in [-0.2, -0.15) is 0 Å². The van der Waals surface area contributed by atoms with Gasteiger partial charge in [0.25, 0.3) is 5.91 Å². The molecule has 0 bridgehead atoms. The number of ether oxygens (including phenoxy) is 1. The topological polar surface area (TPSA) is 79.7 Å². The highest BCUT2D eigenvalue weighted by molar-refractivity contribution is 5.95. The van der Waals surface area contributed by atoms with Crippen LogP contribution in [0.4, 0.5) is 0 Å². The number of carboxylic acid groups (broad SMARTS) is 1. The molecule has 0 saturated carbocycles. The van der Waals surface area contributed by atoms with Gasteiger partial charge >= 0.3 is 5.97 Å². The predicted octanol–water partition coefficient (Wildman–Crippen LogP) is 2.19. The number of carboxylic acids is 1. The lowest BCUT2D eigenvalue weighted by atomic mass is 9.99. The van der Waals surface area contributed by atoms with Gasteiger partial charge in [-0.15, -0.1) is 0 Å². The Morgan fingerprint density at radius 3 is 2.71 bits per heavy atom. The largest absolute Gasteiger partial charge is 0.497 e. The van der Waals surface area contributed by atoms with Crippen molar-refractivity contribution in [2.45, 2.75) is 38.6 Å². The molecule has 1 amide bonds. The number of amides is 1. The highest BCUT2D eigenvalue weighted by Gasteiger charge is 2.27. The Morgan fingerprint density at radius 1 is 1.38 bits per heavy atom. The Hall–Kier alpha value is -2.11. The molecule has 1 aliphatic rings. The molecule has 2 rings (SSSR count). The normalized spacial score (nSPS) is 18.4. The molecule has 0 aromatic carbocycles. The summed E-state index contributed by atoms with van der Waals surface area (Å²) >= 11 is 0. The van der Waals surface area contributed by atoms with Crippen LogP contribution < -0.4 is 4.74 Å². The van der Waals surface area contributed by atoms with E-state index in [0.29, 0.717) is 12.3 Å². The van der Waals surface area contributed by atoms with Crippen molar-refractivity contribution in [3.8, 4) is 5.75 Å². The van der Waals surface area contributed by atoms with Crippen molar-refractivity contribution in [2.75, 3.05) is 13.7 Å². The van der Waals surface area contributed by atoms with Crippen LogP contribution in [0.1, 0.15) is 53.6 Å². The smallest absolute Gasteiger partial charge is 0.354 e. The summed E-state index contributed by atoms with van der Waals surface area (Å²) in [7, 11) is 1.44. The molecule has 1 aromatic heterocycles. The molecule has 6 nitrogen and oxygen atoms in total. The van der Waals surface area contributed by atoms with Gasteiger partial charge in [0.2, 0.25) is 0 Å². The van der Waals surface area contributed by atoms with E-state index in [-0.39, 0.29) is 23.3 Å². The van der Waals surface area contributed by atoms with Gasteiger partial charge in [-0.25, -0.2) is 9.78 Å². The van der Waals surface area contributed by atoms with E-state index < -0.39 is 5.97 Å². The minimum atomic E-state index is -1.17. The van der Waals surface area contributed by atoms with Gasteiger partial charge in [-0.1, -0.05) is 6.92 Å². The zero-order chi connectivity index (χ0) is 15.4. The maximum absolute atomic E-state index is 12.6. The number of aromatic carboxylic acids is 1. The number of nitrogens with zero attached hydrogens (tertiary/aromatic N) is 2. The zero-order valence-corrected chi connectivity index (χ0v) is 12.3. The number of methoxy groups -OCH3 is 1. The first kappa shape index (κ1) is 15.3. The molecule has 114 valence electrons. The Bertz CT molecular complexity index is 544. The maximum Gasteiger partial charge on any atom is 0.354 e. The Kier molecular flexibility index (Phi) is 4.77. The van der Waals surface area contributed by atoms with Crippen LogP contribution in [-0.2, 0) is 0 Å². The summed E-state index contributed by atoms with van der Waals surface area (Å²) < 4.78 is 5.06. The quantitative estimate of drug-likeness (QED) is 0.920. The third-order valence-electron chi connectivity index (χ3n) is 3.83. The lowest BCUT2D eigenvalue weighted by molar-refractivity contribution is 0.0601. The molecule has 0 spiro atoms. The van der Waals surface area contributed by atoms with Crippen LogP contribution in [0.25, 0.3) is 0 Å². The monoisotopic (exact) mass is 292 g/mol. The first-order chi connectivity index (χ1) is 10.1. The lowest BCUT2D eigenvalue weighted by Crippen LogP contribution is -2.43. The molecule has 0 radical (unpaired) electrons. The van der Waals surface area contributed by atoms with E-state index in [9.17, 15) is 9.59 Å². The molecule has 1 aromatic rings. The van der Waals surface area contributed by atoms with Crippen LogP contribution in [0, 0.1) is 0 Å². The SMILES string of the molecule is CCC1CCCCN1C(=O)c1cc(OC)cc(C(=O)O)n1. The molecule has 1 fully saturated rings. The summed E-state index contributed by atoms with van der Waals surface area (Å²) in [5.41, 5.74) is -0.0464. The number of aromatic nitrogens is 1. The summed E-state index contributed by atoms with van der Waals surface area (Å²) in [6.45, 7) is 2.75. The van der Waals surface area contributed by atoms with Crippen LogP contribution in [0.5, 0.6) is 5.75 Å². The number of rotatable bonds is 4. The summed E-state index contributed by atoms with van der Waals surface area (Å²) in [6, 6.07) is 3.01. The summed E-state index contributed by atoms with van der Waals surface area (Å²) in [5.74, 6) is -1.06. The van der Waals surface area contributed by atoms with E-state index in [1.807, 2.05) is 0 Å². The highest BCUT2D eigenvalue weighted by Crippen LogP contribution is 2.23. The Labute approximate surface area is 123 Å². The number of likely N-dealkylation sites (tertiary alicyclic amines) is 1. The zero-order valence-electron chi connectivity index (χ0n) is 12.3. The number of carbonyl (C=O) groups is 2. The minimum Gasteiger partial charge on any atom is -0.497 e. The predicted molar refractivity (Wildman–Crippen MR) is 76.7 cm³/mol. The Morgan fingerprint density at radius 2 is 2.10 bits per heavy atom. The van der Waals surface area contributed by atoms with Crippen molar-refractivity contribution in [3.63, 3.8) is 0 Å². The molecule has 1 aliphatic heterocycles. The van der Waals surface area contributed by atoms with Gasteiger partial charge in [-0.3, -0.25) is 4.79 Å². The van der Waals surface area contributed by atoms with Gasteiger partial charge in [0, 0.05) is 24.7 Å². The number of hydrogen-bond acceptors (Lipinski definition) is 4. The molecule has 21 heavy (non-hydrogen) atoms. The highest BCUT2D eigenvalue weighted by atomic mass is 16.5. The van der Waals surface area contributed by atoms with Crippen molar-refractivity contribution in [3.05, 3.63) is 23.5 Å². The molecule has 0 aliphatic carbocycles. The van der Waals surface area contributed by atoms with E-state index in [1.165, 1.54) is 19.2 Å². The minimum absolute atomic E-state index is 0.132. The average Bonchev–Trinajstić information content (AvgIpc) is 2.53. The molecule has 2 heterocycles. The van der Waals surface area contributed by atoms with Gasteiger partial charge < -0.3 is 14.7 Å². The third kappa shape index (κ3) is 3.32. The molecule has 1 N–H and O–H groups in total. The molecule has 1 atom stereocenters. The Balaban J connectivity index is 2.33. The fourth-order valence-electron chi connectivity index (χ4n) is 2.68. The van der Waals surface area contributed by atoms with Crippen molar-refractivity contribution in [1.82, 2.24) is 9.88 Å². The number of pyridine rings is 1. The van der Waals surface area contributed by atoms with Gasteiger partial charge in [0.1, 0.15) is 11.4 Å². The van der Waals surface area contributed by atoms with E-state index in [4.69, 9.17) is 9.84 Å². The second-order valence-electron chi connectivity index (χ2n) is 5.14. The fraction of sp³-hybridized carbons (Fsp3) is 0.533. The average molecular weight is 292 g/mol. The second kappa shape index (κ2) is 6.56. The molecule has 1 unspecified atom stereocenters. The second-order valence-corrected chi connectivity index (χ2v) is 5.14. The maximum atomic E-state index is 12.6. The van der Waals surface area contributed by atoms with Crippen molar-refractivity contribution in [1.29, 1.82) is 0 Å². The molecular formula is C15H20N2O4.